The minimum atomic E-state index is -3.76. The van der Waals surface area contributed by atoms with E-state index in [1.54, 1.807) is 7.11 Å². The number of nitro benzene ring substituents is 1. The van der Waals surface area contributed by atoms with Gasteiger partial charge < -0.3 is 10.1 Å². The highest BCUT2D eigenvalue weighted by atomic mass is 32.2. The molecule has 1 aliphatic rings. The number of nitrogens with zero attached hydrogens (tertiary/aromatic N) is 1. The van der Waals surface area contributed by atoms with Crippen molar-refractivity contribution in [3.8, 4) is 5.75 Å². The van der Waals surface area contributed by atoms with E-state index in [1.165, 1.54) is 19.2 Å². The monoisotopic (exact) mass is 391 g/mol. The maximum Gasteiger partial charge on any atom is 0.293 e. The molecule has 0 saturated heterocycles. The van der Waals surface area contributed by atoms with Crippen molar-refractivity contribution >= 4 is 21.4 Å². The average Bonchev–Trinajstić information content (AvgIpc) is 3.51. The molecular weight excluding hydrogens is 370 g/mol. The van der Waals surface area contributed by atoms with Crippen LogP contribution in [0.25, 0.3) is 0 Å². The molecule has 0 amide bonds. The molecule has 9 heteroatoms. The molecule has 1 aliphatic carbocycles. The first-order valence-electron chi connectivity index (χ1n) is 8.48. The summed E-state index contributed by atoms with van der Waals surface area (Å²) >= 11 is 0. The number of methoxy groups -OCH3 is 1. The molecule has 2 aromatic rings. The second kappa shape index (κ2) is 7.53. The third kappa shape index (κ3) is 4.20. The minimum Gasteiger partial charge on any atom is -0.497 e. The van der Waals surface area contributed by atoms with Crippen LogP contribution in [0.3, 0.4) is 0 Å². The Labute approximate surface area is 157 Å². The van der Waals surface area contributed by atoms with Gasteiger partial charge in [-0.05, 0) is 55.6 Å². The average molecular weight is 391 g/mol. The maximum absolute atomic E-state index is 11.9. The zero-order valence-electron chi connectivity index (χ0n) is 15.0. The molecule has 1 saturated carbocycles. The highest BCUT2D eigenvalue weighted by Gasteiger charge is 2.34. The summed E-state index contributed by atoms with van der Waals surface area (Å²) in [6.45, 7) is 0. The Kier molecular flexibility index (Phi) is 5.33. The van der Waals surface area contributed by atoms with E-state index in [2.05, 4.69) is 10.0 Å². The first-order valence-corrected chi connectivity index (χ1v) is 9.96. The van der Waals surface area contributed by atoms with Crippen LogP contribution in [-0.4, -0.2) is 27.5 Å². The van der Waals surface area contributed by atoms with Crippen molar-refractivity contribution in [2.75, 3.05) is 19.5 Å². The molecule has 0 spiro atoms. The van der Waals surface area contributed by atoms with Crippen LogP contribution in [0, 0.1) is 16.0 Å². The first-order chi connectivity index (χ1) is 12.9. The van der Waals surface area contributed by atoms with Crippen LogP contribution in [0.2, 0.25) is 0 Å². The number of ether oxygens (including phenoxy) is 1. The van der Waals surface area contributed by atoms with Gasteiger partial charge >= 0.3 is 0 Å². The summed E-state index contributed by atoms with van der Waals surface area (Å²) in [4.78, 5) is 10.8. The van der Waals surface area contributed by atoms with Gasteiger partial charge in [0.2, 0.25) is 10.0 Å². The second-order valence-corrected chi connectivity index (χ2v) is 8.26. The standard InChI is InChI=1S/C18H21N3O5S/c1-19-27(24,25)15-9-10-16(17(11-15)21(22)23)20-18(12-3-4-12)13-5-7-14(26-2)8-6-13/h5-12,18-20H,3-4H2,1-2H3. The van der Waals surface area contributed by atoms with Gasteiger partial charge in [-0.25, -0.2) is 13.1 Å². The zero-order chi connectivity index (χ0) is 19.6. The summed E-state index contributed by atoms with van der Waals surface area (Å²) in [5.74, 6) is 1.11. The van der Waals surface area contributed by atoms with Gasteiger partial charge in [-0.1, -0.05) is 12.1 Å². The molecule has 3 rings (SSSR count). The second-order valence-electron chi connectivity index (χ2n) is 6.38. The van der Waals surface area contributed by atoms with Crippen molar-refractivity contribution in [3.05, 3.63) is 58.1 Å². The van der Waals surface area contributed by atoms with Crippen molar-refractivity contribution in [1.82, 2.24) is 4.72 Å². The van der Waals surface area contributed by atoms with Crippen LogP contribution in [0.5, 0.6) is 5.75 Å². The van der Waals surface area contributed by atoms with Gasteiger partial charge in [0.15, 0.2) is 0 Å². The predicted molar refractivity (Wildman–Crippen MR) is 101 cm³/mol. The topological polar surface area (TPSA) is 111 Å². The summed E-state index contributed by atoms with van der Waals surface area (Å²) in [6.07, 6.45) is 2.06. The molecule has 1 fully saturated rings. The maximum atomic E-state index is 11.9. The molecule has 0 aromatic heterocycles. The number of nitrogens with one attached hydrogen (secondary N) is 2. The quantitative estimate of drug-likeness (QED) is 0.528. The van der Waals surface area contributed by atoms with E-state index >= 15 is 0 Å². The number of anilines is 1. The van der Waals surface area contributed by atoms with E-state index in [-0.39, 0.29) is 16.6 Å². The first kappa shape index (κ1) is 19.1. The number of hydrogen-bond acceptors (Lipinski definition) is 6. The predicted octanol–water partition coefficient (Wildman–Crippen LogP) is 3.07. The number of nitro groups is 1. The fourth-order valence-electron chi connectivity index (χ4n) is 2.95. The lowest BCUT2D eigenvalue weighted by molar-refractivity contribution is -0.384. The Bertz CT molecular complexity index is 940. The van der Waals surface area contributed by atoms with Crippen LogP contribution < -0.4 is 14.8 Å². The third-order valence-corrected chi connectivity index (χ3v) is 6.04. The zero-order valence-corrected chi connectivity index (χ0v) is 15.8. The van der Waals surface area contributed by atoms with Crippen LogP contribution in [0.4, 0.5) is 11.4 Å². The molecule has 1 atom stereocenters. The van der Waals surface area contributed by atoms with Gasteiger partial charge in [-0.3, -0.25) is 10.1 Å². The Morgan fingerprint density at radius 3 is 2.37 bits per heavy atom. The molecule has 27 heavy (non-hydrogen) atoms. The summed E-state index contributed by atoms with van der Waals surface area (Å²) in [5, 5.41) is 14.8. The van der Waals surface area contributed by atoms with Gasteiger partial charge in [-0.2, -0.15) is 0 Å². The van der Waals surface area contributed by atoms with Crippen LogP contribution in [0.15, 0.2) is 47.4 Å². The van der Waals surface area contributed by atoms with E-state index in [0.29, 0.717) is 11.6 Å². The van der Waals surface area contributed by atoms with Gasteiger partial charge in [0, 0.05) is 6.07 Å². The molecule has 1 unspecified atom stereocenters. The van der Waals surface area contributed by atoms with Gasteiger partial charge in [-0.15, -0.1) is 0 Å². The highest BCUT2D eigenvalue weighted by Crippen LogP contribution is 2.44. The molecule has 2 N–H and O–H groups in total. The number of rotatable bonds is 8. The Balaban J connectivity index is 1.95. The van der Waals surface area contributed by atoms with E-state index in [9.17, 15) is 18.5 Å². The van der Waals surface area contributed by atoms with Crippen LogP contribution in [-0.2, 0) is 10.0 Å². The van der Waals surface area contributed by atoms with Crippen molar-refractivity contribution in [1.29, 1.82) is 0 Å². The van der Waals surface area contributed by atoms with Gasteiger partial charge in [0.25, 0.3) is 5.69 Å². The van der Waals surface area contributed by atoms with E-state index in [0.717, 1.165) is 30.2 Å². The van der Waals surface area contributed by atoms with E-state index in [4.69, 9.17) is 4.74 Å². The Hall–Kier alpha value is -2.65. The molecule has 0 aliphatic heterocycles. The van der Waals surface area contributed by atoms with Crippen LogP contribution in [0.1, 0.15) is 24.4 Å². The van der Waals surface area contributed by atoms with E-state index < -0.39 is 14.9 Å². The van der Waals surface area contributed by atoms with Crippen LogP contribution >= 0.6 is 0 Å². The SMILES string of the molecule is CNS(=O)(=O)c1ccc(NC(c2ccc(OC)cc2)C2CC2)c([N+](=O)[O-])c1. The smallest absolute Gasteiger partial charge is 0.293 e. The van der Waals surface area contributed by atoms with E-state index in [1.807, 2.05) is 24.3 Å². The molecule has 2 aromatic carbocycles. The lowest BCUT2D eigenvalue weighted by Crippen LogP contribution is -2.19. The summed E-state index contributed by atoms with van der Waals surface area (Å²) in [5.41, 5.74) is 1.02. The summed E-state index contributed by atoms with van der Waals surface area (Å²) < 4.78 is 31.2. The Morgan fingerprint density at radius 2 is 1.85 bits per heavy atom. The molecule has 144 valence electrons. The number of sulfonamides is 1. The van der Waals surface area contributed by atoms with Gasteiger partial charge in [0.1, 0.15) is 11.4 Å². The van der Waals surface area contributed by atoms with Crippen molar-refractivity contribution in [2.45, 2.75) is 23.8 Å². The van der Waals surface area contributed by atoms with Crippen molar-refractivity contribution in [3.63, 3.8) is 0 Å². The minimum absolute atomic E-state index is 0.0960. The van der Waals surface area contributed by atoms with Gasteiger partial charge in [0.05, 0.1) is 23.0 Å². The lowest BCUT2D eigenvalue weighted by atomic mass is 10.0. The number of benzene rings is 2. The van der Waals surface area contributed by atoms with Crippen molar-refractivity contribution < 1.29 is 18.1 Å². The summed E-state index contributed by atoms with van der Waals surface area (Å²) in [7, 11) is -0.902. The fourth-order valence-corrected chi connectivity index (χ4v) is 3.70. The molecule has 0 radical (unpaired) electrons. The Morgan fingerprint density at radius 1 is 1.19 bits per heavy atom. The lowest BCUT2D eigenvalue weighted by Gasteiger charge is -2.20. The number of hydrogen-bond donors (Lipinski definition) is 2. The normalized spacial score (nSPS) is 15.2. The fraction of sp³-hybridized carbons (Fsp3) is 0.333. The van der Waals surface area contributed by atoms with Crippen molar-refractivity contribution in [2.24, 2.45) is 5.92 Å². The molecule has 0 bridgehead atoms. The highest BCUT2D eigenvalue weighted by molar-refractivity contribution is 7.89. The third-order valence-electron chi connectivity index (χ3n) is 4.62. The largest absolute Gasteiger partial charge is 0.497 e. The molecular formula is C18H21N3O5S. The molecule has 0 heterocycles. The summed E-state index contributed by atoms with van der Waals surface area (Å²) in [6, 6.07) is 11.3. The molecule has 8 nitrogen and oxygen atoms in total.